The number of nitrogens with two attached hydrogens (primary N) is 1. The van der Waals surface area contributed by atoms with Crippen LogP contribution in [0.1, 0.15) is 5.56 Å². The van der Waals surface area contributed by atoms with Crippen LogP contribution in [0.15, 0.2) is 24.8 Å². The second kappa shape index (κ2) is 4.63. The molecule has 0 radical (unpaired) electrons. The Labute approximate surface area is 92.6 Å². The Morgan fingerprint density at radius 2 is 1.94 bits per heavy atom. The van der Waals surface area contributed by atoms with Crippen molar-refractivity contribution in [2.75, 3.05) is 7.11 Å². The maximum atomic E-state index is 5.46. The Morgan fingerprint density at radius 1 is 1.19 bits per heavy atom. The number of methoxy groups -OCH3 is 1. The van der Waals surface area contributed by atoms with Crippen LogP contribution in [0.25, 0.3) is 11.5 Å². The largest absolute Gasteiger partial charge is 0.481 e. The van der Waals surface area contributed by atoms with E-state index in [1.54, 1.807) is 25.6 Å². The van der Waals surface area contributed by atoms with Crippen LogP contribution in [-0.4, -0.2) is 27.0 Å². The third-order valence-corrected chi connectivity index (χ3v) is 2.02. The molecule has 6 heteroatoms. The average Bonchev–Trinajstić information content (AvgIpc) is 2.39. The molecule has 0 saturated carbocycles. The molecule has 0 amide bonds. The van der Waals surface area contributed by atoms with E-state index in [0.717, 1.165) is 5.56 Å². The fourth-order valence-corrected chi connectivity index (χ4v) is 1.17. The second-order valence-electron chi connectivity index (χ2n) is 3.06. The van der Waals surface area contributed by atoms with Gasteiger partial charge in [-0.25, -0.2) is 19.9 Å². The molecule has 0 bridgehead atoms. The van der Waals surface area contributed by atoms with E-state index in [4.69, 9.17) is 10.5 Å². The van der Waals surface area contributed by atoms with Crippen LogP contribution in [0.4, 0.5) is 0 Å². The fraction of sp³-hybridized carbons (Fsp3) is 0.200. The maximum absolute atomic E-state index is 5.46. The zero-order valence-electron chi connectivity index (χ0n) is 8.79. The Balaban J connectivity index is 2.34. The molecular weight excluding hydrogens is 206 g/mol. The first-order chi connectivity index (χ1) is 7.83. The molecule has 0 fully saturated rings. The molecule has 2 N–H and O–H groups in total. The van der Waals surface area contributed by atoms with Crippen molar-refractivity contribution in [1.29, 1.82) is 0 Å². The summed E-state index contributed by atoms with van der Waals surface area (Å²) in [6.45, 7) is 0.424. The van der Waals surface area contributed by atoms with Crippen LogP contribution >= 0.6 is 0 Å². The van der Waals surface area contributed by atoms with Gasteiger partial charge in [0.1, 0.15) is 12.0 Å². The molecule has 16 heavy (non-hydrogen) atoms. The first kappa shape index (κ1) is 10.4. The average molecular weight is 217 g/mol. The summed E-state index contributed by atoms with van der Waals surface area (Å²) in [6, 6.07) is 1.68. The Hall–Kier alpha value is -2.08. The van der Waals surface area contributed by atoms with Gasteiger partial charge in [0.05, 0.1) is 7.11 Å². The molecule has 6 nitrogen and oxygen atoms in total. The first-order valence-electron chi connectivity index (χ1n) is 4.71. The highest BCUT2D eigenvalue weighted by molar-refractivity contribution is 5.49. The van der Waals surface area contributed by atoms with Gasteiger partial charge < -0.3 is 10.5 Å². The summed E-state index contributed by atoms with van der Waals surface area (Å²) in [7, 11) is 1.55. The number of hydrogen-bond donors (Lipinski definition) is 1. The van der Waals surface area contributed by atoms with Crippen LogP contribution in [0, 0.1) is 0 Å². The van der Waals surface area contributed by atoms with Crippen molar-refractivity contribution in [3.8, 4) is 17.4 Å². The molecule has 0 unspecified atom stereocenters. The Bertz CT molecular complexity index is 471. The minimum Gasteiger partial charge on any atom is -0.481 e. The minimum atomic E-state index is 0.424. The van der Waals surface area contributed by atoms with Gasteiger partial charge in [-0.1, -0.05) is 0 Å². The van der Waals surface area contributed by atoms with Crippen molar-refractivity contribution < 1.29 is 4.74 Å². The SMILES string of the molecule is COc1cc(-c2ncc(CN)cn2)ncn1. The minimum absolute atomic E-state index is 0.424. The number of rotatable bonds is 3. The molecule has 0 saturated heterocycles. The maximum Gasteiger partial charge on any atom is 0.216 e. The molecule has 0 aliphatic rings. The summed E-state index contributed by atoms with van der Waals surface area (Å²) in [5, 5.41) is 0. The zero-order chi connectivity index (χ0) is 11.4. The highest BCUT2D eigenvalue weighted by Gasteiger charge is 2.04. The molecule has 0 atom stereocenters. The van der Waals surface area contributed by atoms with Crippen LogP contribution < -0.4 is 10.5 Å². The molecule has 2 heterocycles. The van der Waals surface area contributed by atoms with E-state index in [1.165, 1.54) is 6.33 Å². The third kappa shape index (κ3) is 2.12. The molecule has 0 aliphatic carbocycles. The van der Waals surface area contributed by atoms with Crippen molar-refractivity contribution in [3.05, 3.63) is 30.4 Å². The quantitative estimate of drug-likeness (QED) is 0.800. The van der Waals surface area contributed by atoms with Crippen LogP contribution in [0.5, 0.6) is 5.88 Å². The van der Waals surface area contributed by atoms with E-state index in [9.17, 15) is 0 Å². The van der Waals surface area contributed by atoms with Crippen LogP contribution in [0.2, 0.25) is 0 Å². The lowest BCUT2D eigenvalue weighted by Gasteiger charge is -2.02. The monoisotopic (exact) mass is 217 g/mol. The highest BCUT2D eigenvalue weighted by Crippen LogP contribution is 2.14. The van der Waals surface area contributed by atoms with Crippen molar-refractivity contribution in [2.24, 2.45) is 5.73 Å². The predicted octanol–water partition coefficient (Wildman–Crippen LogP) is 0.401. The third-order valence-electron chi connectivity index (χ3n) is 2.02. The van der Waals surface area contributed by atoms with Crippen LogP contribution in [-0.2, 0) is 6.54 Å². The molecule has 82 valence electrons. The van der Waals surface area contributed by atoms with Gasteiger partial charge in [0.2, 0.25) is 5.88 Å². The van der Waals surface area contributed by atoms with E-state index in [-0.39, 0.29) is 0 Å². The summed E-state index contributed by atoms with van der Waals surface area (Å²) in [5.74, 6) is 1.01. The zero-order valence-corrected chi connectivity index (χ0v) is 8.79. The van der Waals surface area contributed by atoms with Crippen molar-refractivity contribution in [3.63, 3.8) is 0 Å². The standard InChI is InChI=1S/C10H11N5O/c1-16-9-2-8(14-6-15-9)10-12-4-7(3-11)5-13-10/h2,4-6H,3,11H2,1H3. The van der Waals surface area contributed by atoms with Gasteiger partial charge in [0.15, 0.2) is 5.82 Å². The van der Waals surface area contributed by atoms with Crippen LogP contribution in [0.3, 0.4) is 0 Å². The van der Waals surface area contributed by atoms with E-state index < -0.39 is 0 Å². The van der Waals surface area contributed by atoms with Crippen molar-refractivity contribution >= 4 is 0 Å². The lowest BCUT2D eigenvalue weighted by atomic mass is 10.3. The smallest absolute Gasteiger partial charge is 0.216 e. The van der Waals surface area contributed by atoms with E-state index in [1.807, 2.05) is 0 Å². The summed E-state index contributed by atoms with van der Waals surface area (Å²) in [6.07, 6.45) is 4.77. The Morgan fingerprint density at radius 3 is 2.56 bits per heavy atom. The summed E-state index contributed by atoms with van der Waals surface area (Å²) < 4.78 is 4.99. The molecule has 2 rings (SSSR count). The lowest BCUT2D eigenvalue weighted by molar-refractivity contribution is 0.397. The van der Waals surface area contributed by atoms with Gasteiger partial charge in [-0.3, -0.25) is 0 Å². The molecule has 0 spiro atoms. The van der Waals surface area contributed by atoms with Gasteiger partial charge >= 0.3 is 0 Å². The number of aromatic nitrogens is 4. The van der Waals surface area contributed by atoms with Gasteiger partial charge in [0, 0.05) is 30.6 Å². The summed E-state index contributed by atoms with van der Waals surface area (Å²) >= 11 is 0. The number of nitrogens with zero attached hydrogens (tertiary/aromatic N) is 4. The van der Waals surface area contributed by atoms with Gasteiger partial charge in [-0.05, 0) is 0 Å². The normalized spacial score (nSPS) is 10.1. The summed E-state index contributed by atoms with van der Waals surface area (Å²) in [4.78, 5) is 16.3. The molecular formula is C10H11N5O. The predicted molar refractivity (Wildman–Crippen MR) is 57.5 cm³/mol. The van der Waals surface area contributed by atoms with Gasteiger partial charge in [-0.2, -0.15) is 0 Å². The molecule has 0 aromatic carbocycles. The van der Waals surface area contributed by atoms with Gasteiger partial charge in [-0.15, -0.1) is 0 Å². The second-order valence-corrected chi connectivity index (χ2v) is 3.06. The lowest BCUT2D eigenvalue weighted by Crippen LogP contribution is -2.00. The summed E-state index contributed by atoms with van der Waals surface area (Å²) in [5.41, 5.74) is 6.96. The highest BCUT2D eigenvalue weighted by atomic mass is 16.5. The Kier molecular flexibility index (Phi) is 3.02. The molecule has 2 aromatic rings. The van der Waals surface area contributed by atoms with Gasteiger partial charge in [0.25, 0.3) is 0 Å². The van der Waals surface area contributed by atoms with Crippen molar-refractivity contribution in [1.82, 2.24) is 19.9 Å². The van der Waals surface area contributed by atoms with E-state index >= 15 is 0 Å². The van der Waals surface area contributed by atoms with Crippen molar-refractivity contribution in [2.45, 2.75) is 6.54 Å². The topological polar surface area (TPSA) is 86.8 Å². The molecule has 2 aromatic heterocycles. The van der Waals surface area contributed by atoms with E-state index in [0.29, 0.717) is 23.9 Å². The first-order valence-corrected chi connectivity index (χ1v) is 4.71. The van der Waals surface area contributed by atoms with E-state index in [2.05, 4.69) is 19.9 Å². The fourth-order valence-electron chi connectivity index (χ4n) is 1.17. The number of hydrogen-bond acceptors (Lipinski definition) is 6. The number of ether oxygens (including phenoxy) is 1. The molecule has 0 aliphatic heterocycles.